The number of hydrogen-bond acceptors (Lipinski definition) is 1. The lowest BCUT2D eigenvalue weighted by Crippen LogP contribution is -2.33. The Morgan fingerprint density at radius 2 is 1.88 bits per heavy atom. The van der Waals surface area contributed by atoms with E-state index in [1.165, 1.54) is 13.9 Å². The minimum absolute atomic E-state index is 0.328. The van der Waals surface area contributed by atoms with Gasteiger partial charge in [-0.05, 0) is 34.7 Å². The predicted molar refractivity (Wildman–Crippen MR) is 79.4 cm³/mol. The molecule has 1 aliphatic heterocycles. The zero-order valence-electron chi connectivity index (χ0n) is 10.6. The van der Waals surface area contributed by atoms with Gasteiger partial charge in [0, 0.05) is 28.4 Å². The summed E-state index contributed by atoms with van der Waals surface area (Å²) in [6.07, 6.45) is 2.53. The smallest absolute Gasteiger partial charge is 0.198 e. The second kappa shape index (κ2) is 4.59. The van der Waals surface area contributed by atoms with Gasteiger partial charge in [0.15, 0.2) is 11.3 Å². The minimum atomic E-state index is -0.328. The van der Waals surface area contributed by atoms with E-state index in [9.17, 15) is 5.21 Å². The normalized spacial score (nSPS) is 17.4. The van der Waals surface area contributed by atoms with Gasteiger partial charge >= 0.3 is 0 Å². The van der Waals surface area contributed by atoms with Crippen LogP contribution in [0.1, 0.15) is 51.2 Å². The fourth-order valence-corrected chi connectivity index (χ4v) is 3.38. The van der Waals surface area contributed by atoms with Crippen molar-refractivity contribution in [1.82, 2.24) is 0 Å². The van der Waals surface area contributed by atoms with E-state index in [0.717, 1.165) is 30.5 Å². The van der Waals surface area contributed by atoms with E-state index in [2.05, 4.69) is 61.6 Å². The summed E-state index contributed by atoms with van der Waals surface area (Å²) in [6.45, 7) is 6.27. The van der Waals surface area contributed by atoms with Crippen LogP contribution in [0, 0.1) is 8.78 Å². The van der Waals surface area contributed by atoms with Crippen molar-refractivity contribution < 1.29 is 4.74 Å². The molecule has 0 spiro atoms. The molecule has 2 nitrogen and oxygen atoms in total. The summed E-state index contributed by atoms with van der Waals surface area (Å²) in [5, 5.41) is 12.6. The molecule has 0 N–H and O–H groups in total. The van der Waals surface area contributed by atoms with E-state index >= 15 is 0 Å². The molecule has 1 aromatic carbocycles. The maximum Gasteiger partial charge on any atom is 0.198 e. The van der Waals surface area contributed by atoms with Crippen LogP contribution in [-0.4, -0.2) is 10.5 Å². The summed E-state index contributed by atoms with van der Waals surface area (Å²) in [4.78, 5) is 0. The summed E-state index contributed by atoms with van der Waals surface area (Å²) in [5.41, 5.74) is 3.00. The molecule has 1 aliphatic rings. The van der Waals surface area contributed by atoms with Crippen molar-refractivity contribution in [2.75, 3.05) is 0 Å². The van der Waals surface area contributed by atoms with Crippen molar-refractivity contribution in [3.63, 3.8) is 0 Å². The summed E-state index contributed by atoms with van der Waals surface area (Å²) in [7, 11) is 0. The van der Waals surface area contributed by atoms with Crippen LogP contribution in [0.15, 0.2) is 18.2 Å². The third-order valence-corrected chi connectivity index (χ3v) is 4.60. The van der Waals surface area contributed by atoms with Crippen molar-refractivity contribution in [1.29, 1.82) is 0 Å². The van der Waals surface area contributed by atoms with E-state index in [-0.39, 0.29) is 5.54 Å². The van der Waals surface area contributed by atoms with Gasteiger partial charge < -0.3 is 5.21 Å². The van der Waals surface area contributed by atoms with Crippen LogP contribution in [0.25, 0.3) is 0 Å². The van der Waals surface area contributed by atoms with Gasteiger partial charge in [-0.1, -0.05) is 26.8 Å². The molecule has 0 unspecified atom stereocenters. The number of fused-ring (bicyclic) bond motifs is 1. The lowest BCUT2D eigenvalue weighted by Gasteiger charge is -2.26. The highest BCUT2D eigenvalue weighted by Gasteiger charge is 2.46. The summed E-state index contributed by atoms with van der Waals surface area (Å²) in [6, 6.07) is 6.39. The standard InChI is InChI=1S/C14H18INO/c1-4-13-11-9-10(15)7-8-12(11)14(5-2,6-3)16(13)17/h7-9H,4-6H2,1-3H3. The van der Waals surface area contributed by atoms with Gasteiger partial charge in [0.2, 0.25) is 0 Å². The van der Waals surface area contributed by atoms with Gasteiger partial charge in [0.05, 0.1) is 5.56 Å². The first kappa shape index (κ1) is 12.9. The van der Waals surface area contributed by atoms with Gasteiger partial charge in [-0.15, -0.1) is 0 Å². The topological polar surface area (TPSA) is 26.1 Å². The third-order valence-electron chi connectivity index (χ3n) is 3.93. The molecule has 1 aromatic rings. The van der Waals surface area contributed by atoms with Gasteiger partial charge in [0.1, 0.15) is 0 Å². The molecular formula is C14H18INO. The molecule has 17 heavy (non-hydrogen) atoms. The largest absolute Gasteiger partial charge is 0.623 e. The highest BCUT2D eigenvalue weighted by molar-refractivity contribution is 14.1. The molecule has 0 atom stereocenters. The lowest BCUT2D eigenvalue weighted by molar-refractivity contribution is -0.557. The first-order chi connectivity index (χ1) is 8.10. The molecule has 0 radical (unpaired) electrons. The Bertz CT molecular complexity index is 475. The van der Waals surface area contributed by atoms with Crippen LogP contribution in [0.5, 0.6) is 0 Å². The fourth-order valence-electron chi connectivity index (χ4n) is 2.89. The first-order valence-corrected chi connectivity index (χ1v) is 7.32. The second-order valence-electron chi connectivity index (χ2n) is 4.52. The van der Waals surface area contributed by atoms with E-state index in [4.69, 9.17) is 0 Å². The minimum Gasteiger partial charge on any atom is -0.623 e. The zero-order valence-corrected chi connectivity index (χ0v) is 12.7. The number of nitrogens with zero attached hydrogens (tertiary/aromatic N) is 1. The lowest BCUT2D eigenvalue weighted by atomic mass is 9.84. The Hall–Kier alpha value is -0.580. The number of halogens is 1. The Kier molecular flexibility index (Phi) is 3.48. The summed E-state index contributed by atoms with van der Waals surface area (Å²) < 4.78 is 2.47. The molecule has 0 aromatic heterocycles. The van der Waals surface area contributed by atoms with Gasteiger partial charge in [-0.25, -0.2) is 0 Å². The fraction of sp³-hybridized carbons (Fsp3) is 0.500. The maximum absolute atomic E-state index is 12.6. The van der Waals surface area contributed by atoms with E-state index < -0.39 is 0 Å². The Morgan fingerprint density at radius 1 is 1.24 bits per heavy atom. The number of benzene rings is 1. The Labute approximate surface area is 116 Å². The molecule has 1 heterocycles. The van der Waals surface area contributed by atoms with Gasteiger partial charge in [0.25, 0.3) is 0 Å². The quantitative estimate of drug-likeness (QED) is 0.462. The predicted octanol–water partition coefficient (Wildman–Crippen LogP) is 4.03. The van der Waals surface area contributed by atoms with Crippen molar-refractivity contribution >= 4 is 28.3 Å². The highest BCUT2D eigenvalue weighted by atomic mass is 127. The maximum atomic E-state index is 12.6. The molecule has 2 rings (SSSR count). The van der Waals surface area contributed by atoms with Crippen LogP contribution in [-0.2, 0) is 5.54 Å². The first-order valence-electron chi connectivity index (χ1n) is 6.24. The van der Waals surface area contributed by atoms with Crippen molar-refractivity contribution in [2.24, 2.45) is 0 Å². The monoisotopic (exact) mass is 343 g/mol. The molecule has 0 saturated heterocycles. The zero-order chi connectivity index (χ0) is 12.6. The number of rotatable bonds is 3. The molecule has 0 fully saturated rings. The SMILES string of the molecule is CCC1=[N+]([O-])C(CC)(CC)c2ccc(I)cc21. The van der Waals surface area contributed by atoms with Gasteiger partial charge in [-0.2, -0.15) is 4.74 Å². The average molecular weight is 343 g/mol. The van der Waals surface area contributed by atoms with E-state index in [1.54, 1.807) is 0 Å². The second-order valence-corrected chi connectivity index (χ2v) is 5.77. The Morgan fingerprint density at radius 3 is 2.41 bits per heavy atom. The Balaban J connectivity index is 2.72. The van der Waals surface area contributed by atoms with Crippen molar-refractivity contribution in [3.8, 4) is 0 Å². The highest BCUT2D eigenvalue weighted by Crippen LogP contribution is 2.41. The molecular weight excluding hydrogens is 325 g/mol. The van der Waals surface area contributed by atoms with E-state index in [1.807, 2.05) is 0 Å². The molecule has 0 saturated carbocycles. The van der Waals surface area contributed by atoms with Crippen molar-refractivity contribution in [2.45, 2.75) is 45.6 Å². The molecule has 0 bridgehead atoms. The average Bonchev–Trinajstić information content (AvgIpc) is 2.57. The number of hydroxylamine groups is 1. The summed E-state index contributed by atoms with van der Waals surface area (Å²) in [5.74, 6) is 0. The van der Waals surface area contributed by atoms with Crippen LogP contribution >= 0.6 is 22.6 Å². The van der Waals surface area contributed by atoms with Crippen LogP contribution in [0.2, 0.25) is 0 Å². The molecule has 92 valence electrons. The molecule has 0 amide bonds. The summed E-state index contributed by atoms with van der Waals surface area (Å²) >= 11 is 2.31. The van der Waals surface area contributed by atoms with E-state index in [0.29, 0.717) is 0 Å². The number of hydrogen-bond donors (Lipinski definition) is 0. The van der Waals surface area contributed by atoms with Crippen molar-refractivity contribution in [3.05, 3.63) is 38.1 Å². The van der Waals surface area contributed by atoms with Gasteiger partial charge in [-0.3, -0.25) is 0 Å². The van der Waals surface area contributed by atoms with Crippen LogP contribution in [0.3, 0.4) is 0 Å². The molecule has 3 heteroatoms. The molecule has 0 aliphatic carbocycles. The van der Waals surface area contributed by atoms with Crippen LogP contribution in [0.4, 0.5) is 0 Å². The third kappa shape index (κ3) is 1.70. The van der Waals surface area contributed by atoms with Crippen LogP contribution < -0.4 is 0 Å².